The molecule has 3 nitrogen and oxygen atoms in total. The van der Waals surface area contributed by atoms with Crippen LogP contribution in [0.15, 0.2) is 67.0 Å². The Morgan fingerprint density at radius 2 is 1.71 bits per heavy atom. The molecule has 0 aliphatic rings. The van der Waals surface area contributed by atoms with Crippen LogP contribution in [0.3, 0.4) is 0 Å². The van der Waals surface area contributed by atoms with Crippen molar-refractivity contribution in [2.45, 2.75) is 19.1 Å². The highest BCUT2D eigenvalue weighted by molar-refractivity contribution is 5.62. The molecule has 2 atom stereocenters. The Kier molecular flexibility index (Phi) is 4.69. The number of nitrogens with two attached hydrogens (primary N) is 1. The third-order valence-corrected chi connectivity index (χ3v) is 4.17. The molecule has 0 aliphatic carbocycles. The molecule has 4 heteroatoms. The lowest BCUT2D eigenvalue weighted by Crippen LogP contribution is -2.19. The van der Waals surface area contributed by atoms with Gasteiger partial charge in [-0.1, -0.05) is 42.5 Å². The van der Waals surface area contributed by atoms with Crippen molar-refractivity contribution in [1.82, 2.24) is 4.98 Å². The molecular formula is C20H19FN2O. The first-order valence-electron chi connectivity index (χ1n) is 7.76. The second kappa shape index (κ2) is 6.91. The van der Waals surface area contributed by atoms with Crippen LogP contribution >= 0.6 is 0 Å². The molecular weight excluding hydrogens is 303 g/mol. The molecule has 0 saturated carbocycles. The molecule has 0 fully saturated rings. The second-order valence-electron chi connectivity index (χ2n) is 5.84. The zero-order valence-corrected chi connectivity index (χ0v) is 13.4. The summed E-state index contributed by atoms with van der Waals surface area (Å²) in [6, 6.07) is 15.4. The Morgan fingerprint density at radius 1 is 1.00 bits per heavy atom. The maximum atomic E-state index is 13.7. The first-order chi connectivity index (χ1) is 11.6. The van der Waals surface area contributed by atoms with Gasteiger partial charge in [-0.05, 0) is 46.9 Å². The van der Waals surface area contributed by atoms with Crippen LogP contribution in [-0.4, -0.2) is 10.1 Å². The van der Waals surface area contributed by atoms with Crippen LogP contribution in [0.4, 0.5) is 4.39 Å². The van der Waals surface area contributed by atoms with E-state index >= 15 is 0 Å². The summed E-state index contributed by atoms with van der Waals surface area (Å²) < 4.78 is 13.7. The monoisotopic (exact) mass is 322 g/mol. The number of hydrogen-bond acceptors (Lipinski definition) is 3. The Labute approximate surface area is 140 Å². The van der Waals surface area contributed by atoms with Gasteiger partial charge in [0.15, 0.2) is 0 Å². The maximum Gasteiger partial charge on any atom is 0.126 e. The zero-order chi connectivity index (χ0) is 17.1. The molecule has 0 unspecified atom stereocenters. The molecule has 0 saturated heterocycles. The van der Waals surface area contributed by atoms with E-state index in [2.05, 4.69) is 4.98 Å². The van der Waals surface area contributed by atoms with Crippen molar-refractivity contribution >= 4 is 0 Å². The van der Waals surface area contributed by atoms with Crippen molar-refractivity contribution in [2.24, 2.45) is 5.73 Å². The van der Waals surface area contributed by atoms with Gasteiger partial charge in [0.1, 0.15) is 5.82 Å². The van der Waals surface area contributed by atoms with E-state index in [4.69, 9.17) is 5.73 Å². The van der Waals surface area contributed by atoms with Gasteiger partial charge >= 0.3 is 0 Å². The predicted molar refractivity (Wildman–Crippen MR) is 92.7 cm³/mol. The van der Waals surface area contributed by atoms with E-state index in [1.54, 1.807) is 31.5 Å². The summed E-state index contributed by atoms with van der Waals surface area (Å²) in [5.74, 6) is -0.318. The third-order valence-electron chi connectivity index (χ3n) is 4.17. The summed E-state index contributed by atoms with van der Waals surface area (Å²) in [7, 11) is 0. The lowest BCUT2D eigenvalue weighted by Gasteiger charge is -2.20. The zero-order valence-electron chi connectivity index (χ0n) is 13.4. The number of nitrogens with zero attached hydrogens (tertiary/aromatic N) is 1. The molecule has 122 valence electrons. The normalized spacial score (nSPS) is 13.5. The fourth-order valence-electron chi connectivity index (χ4n) is 2.61. The minimum Gasteiger partial charge on any atom is -0.386 e. The van der Waals surface area contributed by atoms with Crippen LogP contribution in [0.2, 0.25) is 0 Å². The molecule has 3 aromatic rings. The van der Waals surface area contributed by atoms with Crippen LogP contribution in [0, 0.1) is 12.7 Å². The van der Waals surface area contributed by atoms with Crippen LogP contribution in [0.25, 0.3) is 11.1 Å². The van der Waals surface area contributed by atoms with Gasteiger partial charge in [0, 0.05) is 12.4 Å². The Hall–Kier alpha value is -2.56. The van der Waals surface area contributed by atoms with E-state index in [-0.39, 0.29) is 5.82 Å². The van der Waals surface area contributed by atoms with Crippen molar-refractivity contribution in [2.75, 3.05) is 0 Å². The van der Waals surface area contributed by atoms with Crippen molar-refractivity contribution in [3.05, 3.63) is 89.5 Å². The molecule has 0 bridgehead atoms. The van der Waals surface area contributed by atoms with Crippen LogP contribution < -0.4 is 5.73 Å². The number of aryl methyl sites for hydroxylation is 1. The van der Waals surface area contributed by atoms with E-state index in [1.165, 1.54) is 6.07 Å². The summed E-state index contributed by atoms with van der Waals surface area (Å²) in [6.45, 7) is 1.69. The number of halogens is 1. The smallest absolute Gasteiger partial charge is 0.126 e. The Balaban J connectivity index is 1.81. The lowest BCUT2D eigenvalue weighted by atomic mass is 9.94. The minimum atomic E-state index is -0.907. The van der Waals surface area contributed by atoms with Gasteiger partial charge in [-0.25, -0.2) is 4.39 Å². The number of rotatable bonds is 4. The molecule has 3 rings (SSSR count). The van der Waals surface area contributed by atoms with Crippen LogP contribution in [0.5, 0.6) is 0 Å². The standard InChI is InChI=1S/C20H19FN2O/c1-13-4-5-16(11-18(13)21)19(22)20(24)15-8-6-14(7-9-15)17-3-2-10-23-12-17/h2-12,19-20,24H,22H2,1H3/t19-,20+/m0/s1. The van der Waals surface area contributed by atoms with Crippen molar-refractivity contribution in [3.63, 3.8) is 0 Å². The molecule has 0 radical (unpaired) electrons. The van der Waals surface area contributed by atoms with Gasteiger partial charge in [0.25, 0.3) is 0 Å². The average molecular weight is 322 g/mol. The molecule has 1 heterocycles. The van der Waals surface area contributed by atoms with Gasteiger partial charge in [0.05, 0.1) is 12.1 Å². The fourth-order valence-corrected chi connectivity index (χ4v) is 2.61. The Morgan fingerprint density at radius 3 is 2.33 bits per heavy atom. The molecule has 2 aromatic carbocycles. The van der Waals surface area contributed by atoms with E-state index in [0.717, 1.165) is 11.1 Å². The molecule has 0 amide bonds. The summed E-state index contributed by atoms with van der Waals surface area (Å²) >= 11 is 0. The lowest BCUT2D eigenvalue weighted by molar-refractivity contribution is 0.147. The fraction of sp³-hybridized carbons (Fsp3) is 0.150. The van der Waals surface area contributed by atoms with Gasteiger partial charge in [-0.2, -0.15) is 0 Å². The highest BCUT2D eigenvalue weighted by Crippen LogP contribution is 2.29. The maximum absolute atomic E-state index is 13.7. The average Bonchev–Trinajstić information content (AvgIpc) is 2.63. The van der Waals surface area contributed by atoms with E-state index in [1.807, 2.05) is 36.4 Å². The molecule has 3 N–H and O–H groups in total. The van der Waals surface area contributed by atoms with E-state index in [9.17, 15) is 9.50 Å². The largest absolute Gasteiger partial charge is 0.386 e. The molecule has 0 aliphatic heterocycles. The number of benzene rings is 2. The first-order valence-corrected chi connectivity index (χ1v) is 7.76. The number of pyridine rings is 1. The minimum absolute atomic E-state index is 0.318. The van der Waals surface area contributed by atoms with Gasteiger partial charge in [0.2, 0.25) is 0 Å². The first kappa shape index (κ1) is 16.3. The number of aromatic nitrogens is 1. The Bertz CT molecular complexity index is 819. The summed E-state index contributed by atoms with van der Waals surface area (Å²) in [5, 5.41) is 10.5. The van der Waals surface area contributed by atoms with Gasteiger partial charge < -0.3 is 10.8 Å². The number of aliphatic hydroxyl groups is 1. The van der Waals surface area contributed by atoms with E-state index < -0.39 is 12.1 Å². The highest BCUT2D eigenvalue weighted by Gasteiger charge is 2.19. The molecule has 0 spiro atoms. The van der Waals surface area contributed by atoms with Crippen LogP contribution in [0.1, 0.15) is 28.8 Å². The number of aliphatic hydroxyl groups excluding tert-OH is 1. The highest BCUT2D eigenvalue weighted by atomic mass is 19.1. The summed E-state index contributed by atoms with van der Waals surface area (Å²) in [6.07, 6.45) is 2.60. The summed E-state index contributed by atoms with van der Waals surface area (Å²) in [4.78, 5) is 4.10. The topological polar surface area (TPSA) is 59.1 Å². The second-order valence-corrected chi connectivity index (χ2v) is 5.84. The van der Waals surface area contributed by atoms with Gasteiger partial charge in [-0.3, -0.25) is 4.98 Å². The van der Waals surface area contributed by atoms with Crippen LogP contribution in [-0.2, 0) is 0 Å². The third kappa shape index (κ3) is 3.35. The summed E-state index contributed by atoms with van der Waals surface area (Å²) in [5.41, 5.74) is 9.94. The number of hydrogen-bond donors (Lipinski definition) is 2. The van der Waals surface area contributed by atoms with Gasteiger partial charge in [-0.15, -0.1) is 0 Å². The SMILES string of the molecule is Cc1ccc([C@H](N)[C@H](O)c2ccc(-c3cccnc3)cc2)cc1F. The van der Waals surface area contributed by atoms with E-state index in [0.29, 0.717) is 16.7 Å². The van der Waals surface area contributed by atoms with Crippen molar-refractivity contribution < 1.29 is 9.50 Å². The van der Waals surface area contributed by atoms with Crippen molar-refractivity contribution in [3.8, 4) is 11.1 Å². The van der Waals surface area contributed by atoms with Crippen molar-refractivity contribution in [1.29, 1.82) is 0 Å². The molecule has 24 heavy (non-hydrogen) atoms. The quantitative estimate of drug-likeness (QED) is 0.765. The molecule has 1 aromatic heterocycles. The predicted octanol–water partition coefficient (Wildman–Crippen LogP) is 3.93.